The van der Waals surface area contributed by atoms with Crippen LogP contribution < -0.4 is 57.4 Å². The van der Waals surface area contributed by atoms with Crippen LogP contribution in [0.5, 0.6) is 17.2 Å². The van der Waals surface area contributed by atoms with Gasteiger partial charge in [-0.15, -0.1) is 0 Å². The molecular formula is C75H86N10O25S2. The summed E-state index contributed by atoms with van der Waals surface area (Å²) in [7, 11) is 2.03. The number of aromatic nitrogens is 3. The number of carboxylic acid groups (broad SMARTS) is 4. The molecule has 598 valence electrons. The number of fused-ring (bicyclic) bond motifs is 6. The number of aliphatic hydroxyl groups excluding tert-OH is 1. The van der Waals surface area contributed by atoms with Gasteiger partial charge in [-0.2, -0.15) is 0 Å². The van der Waals surface area contributed by atoms with Gasteiger partial charge in [-0.25, -0.2) is 19.4 Å². The number of nitrogens with one attached hydrogen (secondary N) is 6. The molecule has 0 saturated carbocycles. The second-order valence-electron chi connectivity index (χ2n) is 26.2. The number of aryl methyl sites for hydroxylation is 1. The van der Waals surface area contributed by atoms with E-state index in [4.69, 9.17) is 29.8 Å². The van der Waals surface area contributed by atoms with Gasteiger partial charge >= 0.3 is 36.1 Å². The number of unbranched alkanes of at least 4 members (excludes halogenated alkanes) is 3. The van der Waals surface area contributed by atoms with Gasteiger partial charge in [0.15, 0.2) is 35.1 Å². The van der Waals surface area contributed by atoms with E-state index in [0.717, 1.165) is 21.6 Å². The van der Waals surface area contributed by atoms with Gasteiger partial charge in [0.05, 0.1) is 55.0 Å². The summed E-state index contributed by atoms with van der Waals surface area (Å²) in [6.45, 7) is -0.718. The van der Waals surface area contributed by atoms with E-state index in [9.17, 15) is 92.3 Å². The summed E-state index contributed by atoms with van der Waals surface area (Å²) in [4.78, 5) is 198. The van der Waals surface area contributed by atoms with Gasteiger partial charge in [0, 0.05) is 116 Å². The molecule has 0 bridgehead atoms. The van der Waals surface area contributed by atoms with E-state index in [1.165, 1.54) is 16.7 Å². The number of hydrogen-bond acceptors (Lipinski definition) is 25. The summed E-state index contributed by atoms with van der Waals surface area (Å²) in [6.07, 6.45) is 1.53. The fourth-order valence-corrected chi connectivity index (χ4v) is 14.5. The number of pyridine rings is 1. The highest BCUT2D eigenvalue weighted by Crippen LogP contribution is 2.47. The minimum atomic E-state index is -1.77. The zero-order valence-corrected chi connectivity index (χ0v) is 62.2. The third-order valence-electron chi connectivity index (χ3n) is 18.1. The standard InChI is InChI=1S/C75H86N10O25S2/c76-52(37-79-69(97)45(28-43-12-5-3-6-13-43)31-56(88)54(29-44-14-7-4-8-15-44)80-62(91)16-9-1-2-10-21-78-61(90)18-17-53(73(102)103)82-74(104)83-63(107-41-87)19-20-64(92)93)70(98)81-55(36-65(94)95)57(89)32-47(72(100)101)39-112-111-27-26-106-75(105)110-58-33-48-51(30-46(58)38-86)71(99)85(24-11-23-84-25-22-77-40-84)67-49-34-59-60(109-42-108-59)35-50(49)68(96)66(48)67/h3-8,12-15,22,25,30,33-35,40-41,45,47,52-55,63,86H,1-2,9-11,16-21,23-24,26-29,31-32,36-39,42,76H2,(H,78,90)(H,79,97)(H,80,91)(H,81,98)(H,92,93)(H,94,95)(H,100,101)(H,102,103)(H2,82,83,104)/t45-,47-,52+,53-,54+,55+,63-/m1/s1. The number of aliphatic carboxylic acids is 4. The van der Waals surface area contributed by atoms with Crippen molar-refractivity contribution in [3.8, 4) is 28.5 Å². The SMILES string of the molecule is N[C@@H](CNC(=O)[C@@H](CC(=O)[C@H](Cc1ccccc1)NC(=O)CCCCCCNC(=O)CC[C@@H](NC(=O)N[C@@H](CCC(=O)O)OC=O)C(=O)O)Cc1ccccc1)C(=O)N[C@@H](CC(=O)O)C(=O)C[C@H](CSSCCOC(=O)Oc1cc2c3c(n(CCCn4ccnc4)c(=O)c2cc1CO)-c1cc2c(cc1C3=O)OCO2)C(=O)O. The summed E-state index contributed by atoms with van der Waals surface area (Å²) < 4.78 is 30.0. The average Bonchev–Trinajstić information content (AvgIpc) is 1.55. The maximum atomic E-state index is 14.4. The van der Waals surface area contributed by atoms with Crippen molar-refractivity contribution in [2.45, 2.75) is 146 Å². The van der Waals surface area contributed by atoms with Gasteiger partial charge < -0.3 is 96.0 Å². The van der Waals surface area contributed by atoms with Crippen molar-refractivity contribution in [3.05, 3.63) is 142 Å². The largest absolute Gasteiger partial charge is 0.513 e. The lowest BCUT2D eigenvalue weighted by molar-refractivity contribution is -0.144. The van der Waals surface area contributed by atoms with Crippen molar-refractivity contribution in [2.24, 2.45) is 17.6 Å². The lowest BCUT2D eigenvalue weighted by atomic mass is 9.89. The Balaban J connectivity index is 0.786. The van der Waals surface area contributed by atoms with Crippen LogP contribution in [-0.2, 0) is 94.8 Å². The van der Waals surface area contributed by atoms with Crippen LogP contribution >= 0.6 is 21.6 Å². The second-order valence-corrected chi connectivity index (χ2v) is 28.8. The van der Waals surface area contributed by atoms with Gasteiger partial charge in [-0.3, -0.25) is 57.5 Å². The number of amides is 6. The molecule has 0 fully saturated rings. The number of Topliss-reactive ketones (excluding diaryl/α,β-unsaturated/α-hetero) is 2. The van der Waals surface area contributed by atoms with E-state index < -0.39 is 164 Å². The Morgan fingerprint density at radius 3 is 2.00 bits per heavy atom. The summed E-state index contributed by atoms with van der Waals surface area (Å²) >= 11 is 0. The molecular weight excluding hydrogens is 1510 g/mol. The first kappa shape index (κ1) is 85.9. The average molecular weight is 1590 g/mol. The number of urea groups is 1. The molecule has 2 aliphatic rings. The van der Waals surface area contributed by atoms with Crippen LogP contribution in [0.2, 0.25) is 0 Å². The molecule has 35 nitrogen and oxygen atoms in total. The maximum absolute atomic E-state index is 14.4. The van der Waals surface area contributed by atoms with Gasteiger partial charge in [-0.1, -0.05) is 95.1 Å². The van der Waals surface area contributed by atoms with E-state index in [2.05, 4.69) is 41.6 Å². The monoisotopic (exact) mass is 1590 g/mol. The number of carboxylic acids is 4. The third-order valence-corrected chi connectivity index (χ3v) is 20.5. The van der Waals surface area contributed by atoms with Crippen LogP contribution in [0.1, 0.15) is 116 Å². The van der Waals surface area contributed by atoms with Gasteiger partial charge in [0.25, 0.3) is 12.0 Å². The molecule has 2 aromatic heterocycles. The fraction of sp³-hybridized carbons (Fsp3) is 0.413. The molecule has 112 heavy (non-hydrogen) atoms. The Kier molecular flexibility index (Phi) is 33.0. The molecule has 6 aromatic rings. The minimum Gasteiger partial charge on any atom is -0.481 e. The van der Waals surface area contributed by atoms with Crippen molar-refractivity contribution >= 4 is 116 Å². The highest BCUT2D eigenvalue weighted by atomic mass is 33.1. The van der Waals surface area contributed by atoms with Gasteiger partial charge in [-0.05, 0) is 73.9 Å². The van der Waals surface area contributed by atoms with Crippen molar-refractivity contribution in [3.63, 3.8) is 0 Å². The van der Waals surface area contributed by atoms with Gasteiger partial charge in [0.1, 0.15) is 24.4 Å². The lowest BCUT2D eigenvalue weighted by Crippen LogP contribution is -2.53. The molecule has 0 spiro atoms. The van der Waals surface area contributed by atoms with Crippen LogP contribution in [0.3, 0.4) is 0 Å². The number of hydrogen-bond donors (Lipinski definition) is 12. The Morgan fingerprint density at radius 1 is 0.652 bits per heavy atom. The molecule has 7 atom stereocenters. The minimum absolute atomic E-state index is 0.00635. The van der Waals surface area contributed by atoms with Crippen LogP contribution in [-0.4, -0.2) is 192 Å². The summed E-state index contributed by atoms with van der Waals surface area (Å²) in [5.41, 5.74) is 8.31. The van der Waals surface area contributed by atoms with Crippen molar-refractivity contribution in [2.75, 3.05) is 38.0 Å². The Hall–Kier alpha value is -11.7. The Labute approximate surface area is 647 Å². The summed E-state index contributed by atoms with van der Waals surface area (Å²) in [6, 6.07) is 16.3. The van der Waals surface area contributed by atoms with E-state index >= 15 is 0 Å². The maximum Gasteiger partial charge on any atom is 0.513 e. The van der Waals surface area contributed by atoms with E-state index in [-0.39, 0.29) is 116 Å². The van der Waals surface area contributed by atoms with Gasteiger partial charge in [0.2, 0.25) is 30.4 Å². The van der Waals surface area contributed by atoms with Crippen LogP contribution in [0.4, 0.5) is 9.59 Å². The molecule has 1 aliphatic carbocycles. The third kappa shape index (κ3) is 25.7. The number of ketones is 3. The van der Waals surface area contributed by atoms with Crippen LogP contribution in [0, 0.1) is 11.8 Å². The molecule has 37 heteroatoms. The molecule has 6 amide bonds. The molecule has 0 radical (unpaired) electrons. The lowest BCUT2D eigenvalue weighted by Gasteiger charge is -2.23. The Morgan fingerprint density at radius 2 is 1.34 bits per heavy atom. The number of rotatable bonds is 49. The van der Waals surface area contributed by atoms with Crippen molar-refractivity contribution in [1.82, 2.24) is 46.0 Å². The normalized spacial score (nSPS) is 13.6. The zero-order valence-electron chi connectivity index (χ0n) is 60.5. The number of imidazole rings is 1. The van der Waals surface area contributed by atoms with E-state index in [1.54, 1.807) is 91.5 Å². The Bertz CT molecular complexity index is 4450. The van der Waals surface area contributed by atoms with Crippen LogP contribution in [0.25, 0.3) is 22.0 Å². The number of aliphatic hydroxyl groups is 1. The summed E-state index contributed by atoms with van der Waals surface area (Å²) in [5, 5.41) is 63.7. The number of nitrogens with zero attached hydrogens (tertiary/aromatic N) is 3. The smallest absolute Gasteiger partial charge is 0.481 e. The number of benzene rings is 4. The first-order valence-corrected chi connectivity index (χ1v) is 38.3. The number of carbonyl (C=O) groups excluding carboxylic acids is 10. The predicted molar refractivity (Wildman–Crippen MR) is 400 cm³/mol. The summed E-state index contributed by atoms with van der Waals surface area (Å²) in [5.74, 6) is -12.4. The van der Waals surface area contributed by atoms with E-state index in [1.807, 2.05) is 4.57 Å². The van der Waals surface area contributed by atoms with Crippen LogP contribution in [0.15, 0.2) is 108 Å². The predicted octanol–water partition coefficient (Wildman–Crippen LogP) is 4.19. The number of ether oxygens (including phenoxy) is 5. The molecule has 0 unspecified atom stereocenters. The zero-order chi connectivity index (χ0) is 80.8. The van der Waals surface area contributed by atoms with Crippen molar-refractivity contribution in [1.29, 1.82) is 0 Å². The molecule has 1 aliphatic heterocycles. The molecule has 4 aromatic carbocycles. The molecule has 8 rings (SSSR count). The topological polar surface area (TPSA) is 524 Å². The van der Waals surface area contributed by atoms with Crippen molar-refractivity contribution < 1.29 is 116 Å². The number of nitrogens with two attached hydrogens (primary N) is 1. The highest BCUT2D eigenvalue weighted by molar-refractivity contribution is 8.76. The quantitative estimate of drug-likeness (QED) is 0.00635. The molecule has 13 N–H and O–H groups in total. The molecule has 3 heterocycles. The highest BCUT2D eigenvalue weighted by Gasteiger charge is 2.38. The number of carbonyl (C=O) groups is 14. The first-order valence-electron chi connectivity index (χ1n) is 35.8. The second kappa shape index (κ2) is 43.0. The fourth-order valence-electron chi connectivity index (χ4n) is 12.3. The molecule has 0 saturated heterocycles. The first-order chi connectivity index (χ1) is 53.8. The van der Waals surface area contributed by atoms with E-state index in [0.29, 0.717) is 72.5 Å².